The van der Waals surface area contributed by atoms with Crippen LogP contribution in [0.2, 0.25) is 0 Å². The zero-order valence-corrected chi connectivity index (χ0v) is 26.7. The maximum atomic E-state index is 13.6. The molecule has 2 unspecified atom stereocenters. The Bertz CT molecular complexity index is 1450. The summed E-state index contributed by atoms with van der Waals surface area (Å²) in [7, 11) is -3.35. The lowest BCUT2D eigenvalue weighted by Crippen LogP contribution is -2.45. The molecule has 1 N–H and O–H groups in total. The van der Waals surface area contributed by atoms with Gasteiger partial charge in [-0.15, -0.1) is 23.2 Å². The van der Waals surface area contributed by atoms with Crippen LogP contribution in [0.3, 0.4) is 0 Å². The van der Waals surface area contributed by atoms with Gasteiger partial charge in [0.25, 0.3) is 0 Å². The summed E-state index contributed by atoms with van der Waals surface area (Å²) in [5, 5.41) is 17.7. The molecule has 0 spiro atoms. The number of hydrogen-bond donors (Lipinski definition) is 1. The number of allylic oxidation sites excluding steroid dienone is 1. The second kappa shape index (κ2) is 11.7. The Kier molecular flexibility index (Phi) is 9.05. The van der Waals surface area contributed by atoms with E-state index < -0.39 is 25.6 Å². The number of sulfone groups is 1. The van der Waals surface area contributed by atoms with Gasteiger partial charge in [0, 0.05) is 29.0 Å². The molecule has 0 bridgehead atoms. The predicted octanol–water partition coefficient (Wildman–Crippen LogP) is 6.96. The van der Waals surface area contributed by atoms with Gasteiger partial charge in [-0.3, -0.25) is 9.48 Å². The quantitative estimate of drug-likeness (QED) is 0.216. The number of rotatable bonds is 11. The van der Waals surface area contributed by atoms with Gasteiger partial charge in [-0.25, -0.2) is 8.42 Å². The van der Waals surface area contributed by atoms with E-state index in [0.717, 1.165) is 35.2 Å². The molecule has 1 heterocycles. The molecule has 2 aliphatic carbocycles. The first-order valence-electron chi connectivity index (χ1n) is 14.4. The highest BCUT2D eigenvalue weighted by Gasteiger charge is 2.49. The third kappa shape index (κ3) is 6.53. The molecule has 2 aliphatic rings. The Morgan fingerprint density at radius 1 is 1.20 bits per heavy atom. The molecule has 2 aromatic rings. The van der Waals surface area contributed by atoms with Gasteiger partial charge in [-0.1, -0.05) is 45.1 Å². The minimum absolute atomic E-state index is 0.0220. The zero-order valence-electron chi connectivity index (χ0n) is 24.3. The largest absolute Gasteiger partial charge is 0.338 e. The molecule has 0 saturated heterocycles. The first-order chi connectivity index (χ1) is 19.2. The van der Waals surface area contributed by atoms with Crippen molar-refractivity contribution in [1.82, 2.24) is 15.1 Å². The van der Waals surface area contributed by atoms with E-state index in [1.807, 2.05) is 10.9 Å². The minimum Gasteiger partial charge on any atom is -0.338 e. The molecule has 1 amide bonds. The van der Waals surface area contributed by atoms with Crippen LogP contribution in [-0.2, 0) is 21.2 Å². The van der Waals surface area contributed by atoms with E-state index in [2.05, 4.69) is 38.7 Å². The van der Waals surface area contributed by atoms with Gasteiger partial charge >= 0.3 is 0 Å². The lowest BCUT2D eigenvalue weighted by atomic mass is 9.75. The van der Waals surface area contributed by atoms with Gasteiger partial charge in [-0.2, -0.15) is 10.4 Å². The second-order valence-corrected chi connectivity index (χ2v) is 15.7. The first-order valence-corrected chi connectivity index (χ1v) is 16.8. The first kappa shape index (κ1) is 31.6. The summed E-state index contributed by atoms with van der Waals surface area (Å²) in [6, 6.07) is 9.10. The van der Waals surface area contributed by atoms with E-state index in [9.17, 15) is 18.5 Å². The molecule has 0 aliphatic heterocycles. The van der Waals surface area contributed by atoms with E-state index in [1.54, 1.807) is 31.2 Å². The van der Waals surface area contributed by atoms with Crippen LogP contribution in [0.15, 0.2) is 47.5 Å². The van der Waals surface area contributed by atoms with Crippen LogP contribution < -0.4 is 5.32 Å². The Hall–Kier alpha value is -2.34. The lowest BCUT2D eigenvalue weighted by Gasteiger charge is -2.37. The molecule has 2 atom stereocenters. The summed E-state index contributed by atoms with van der Waals surface area (Å²) in [6.07, 6.45) is 6.34. The molecule has 2 saturated carbocycles. The molecule has 222 valence electrons. The summed E-state index contributed by atoms with van der Waals surface area (Å²) >= 11 is 13.2. The average Bonchev–Trinajstić information content (AvgIpc) is 3.60. The topological polar surface area (TPSA) is 105 Å². The van der Waals surface area contributed by atoms with Crippen LogP contribution in [0.4, 0.5) is 0 Å². The van der Waals surface area contributed by atoms with E-state index in [-0.39, 0.29) is 34.3 Å². The Balaban J connectivity index is 1.81. The van der Waals surface area contributed by atoms with Crippen molar-refractivity contribution in [1.29, 1.82) is 5.26 Å². The standard InChI is InChI=1S/C31H40Cl2N4O3S/c1-6-29(7-2,21(4)5)20-37-18-26(22-9-11-23(12-10-22)41(39,40)8-3)27(36-37)24-13-14-31(32,33)17-25(24)28(38)35-30(19-34)15-16-30/h9-12,18,24-25H,4,6-8,13-17,20H2,1-3,5H3,(H,35,38). The third-order valence-electron chi connectivity index (χ3n) is 9.26. The molecule has 1 aromatic carbocycles. The van der Waals surface area contributed by atoms with E-state index >= 15 is 0 Å². The zero-order chi connectivity index (χ0) is 30.2. The van der Waals surface area contributed by atoms with Gasteiger partial charge in [0.05, 0.1) is 29.0 Å². The smallest absolute Gasteiger partial charge is 0.225 e. The van der Waals surface area contributed by atoms with Crippen LogP contribution in [0.1, 0.15) is 84.3 Å². The van der Waals surface area contributed by atoms with Gasteiger partial charge in [-0.05, 0) is 69.6 Å². The molecule has 2 fully saturated rings. The van der Waals surface area contributed by atoms with Crippen LogP contribution >= 0.6 is 23.2 Å². The summed E-state index contributed by atoms with van der Waals surface area (Å²) < 4.78 is 25.8. The number of benzene rings is 1. The van der Waals surface area contributed by atoms with Crippen molar-refractivity contribution in [2.24, 2.45) is 11.3 Å². The number of hydrogen-bond acceptors (Lipinski definition) is 5. The normalized spacial score (nSPS) is 21.6. The average molecular weight is 620 g/mol. The maximum absolute atomic E-state index is 13.6. The van der Waals surface area contributed by atoms with Crippen molar-refractivity contribution in [2.45, 2.75) is 99.9 Å². The fraction of sp³-hybridized carbons (Fsp3) is 0.581. The number of nitriles is 1. The number of nitrogens with one attached hydrogen (secondary N) is 1. The predicted molar refractivity (Wildman–Crippen MR) is 163 cm³/mol. The fourth-order valence-corrected chi connectivity index (χ4v) is 7.43. The number of nitrogens with zero attached hydrogens (tertiary/aromatic N) is 3. The molecule has 7 nitrogen and oxygen atoms in total. The maximum Gasteiger partial charge on any atom is 0.225 e. The number of amides is 1. The van der Waals surface area contributed by atoms with E-state index in [4.69, 9.17) is 28.3 Å². The molecular formula is C31H40Cl2N4O3S. The lowest BCUT2D eigenvalue weighted by molar-refractivity contribution is -0.127. The van der Waals surface area contributed by atoms with Crippen molar-refractivity contribution in [3.63, 3.8) is 0 Å². The van der Waals surface area contributed by atoms with Crippen molar-refractivity contribution in [3.8, 4) is 17.2 Å². The van der Waals surface area contributed by atoms with Crippen LogP contribution in [0.5, 0.6) is 0 Å². The highest BCUT2D eigenvalue weighted by atomic mass is 35.5. The number of halogens is 2. The summed E-state index contributed by atoms with van der Waals surface area (Å²) in [5.41, 5.74) is 2.55. The summed E-state index contributed by atoms with van der Waals surface area (Å²) in [6.45, 7) is 12.9. The molecule has 0 radical (unpaired) electrons. The van der Waals surface area contributed by atoms with Crippen molar-refractivity contribution < 1.29 is 13.2 Å². The van der Waals surface area contributed by atoms with Crippen molar-refractivity contribution in [2.75, 3.05) is 5.75 Å². The molecule has 10 heteroatoms. The van der Waals surface area contributed by atoms with Crippen LogP contribution in [-0.4, -0.2) is 39.7 Å². The van der Waals surface area contributed by atoms with Crippen molar-refractivity contribution in [3.05, 3.63) is 48.3 Å². The molecule has 41 heavy (non-hydrogen) atoms. The van der Waals surface area contributed by atoms with Gasteiger partial charge < -0.3 is 5.32 Å². The van der Waals surface area contributed by atoms with Gasteiger partial charge in [0.15, 0.2) is 9.84 Å². The van der Waals surface area contributed by atoms with Crippen molar-refractivity contribution >= 4 is 38.9 Å². The van der Waals surface area contributed by atoms with Crippen LogP contribution in [0, 0.1) is 22.7 Å². The monoisotopic (exact) mass is 618 g/mol. The minimum atomic E-state index is -3.35. The molecule has 4 rings (SSSR count). The summed E-state index contributed by atoms with van der Waals surface area (Å²) in [4.78, 5) is 13.9. The number of alkyl halides is 2. The SMILES string of the molecule is C=C(C)C(CC)(CC)Cn1cc(-c2ccc(S(=O)(=O)CC)cc2)c(C2CCC(Cl)(Cl)CC2C(=O)NC2(C#N)CC2)n1. The number of aromatic nitrogens is 2. The second-order valence-electron chi connectivity index (χ2n) is 11.8. The highest BCUT2D eigenvalue weighted by Crippen LogP contribution is 2.50. The van der Waals surface area contributed by atoms with Gasteiger partial charge in [0.2, 0.25) is 5.91 Å². The number of carbonyl (C=O) groups excluding carboxylic acids is 1. The molecule has 1 aromatic heterocycles. The van der Waals surface area contributed by atoms with E-state index in [1.165, 1.54) is 0 Å². The van der Waals surface area contributed by atoms with Gasteiger partial charge in [0.1, 0.15) is 9.87 Å². The van der Waals surface area contributed by atoms with E-state index in [0.29, 0.717) is 32.2 Å². The third-order valence-corrected chi connectivity index (χ3v) is 11.7. The fourth-order valence-electron chi connectivity index (χ4n) is 6.00. The Morgan fingerprint density at radius 2 is 1.83 bits per heavy atom. The Morgan fingerprint density at radius 3 is 2.34 bits per heavy atom. The molecular weight excluding hydrogens is 579 g/mol. The highest BCUT2D eigenvalue weighted by molar-refractivity contribution is 7.91. The van der Waals surface area contributed by atoms with Crippen LogP contribution in [0.25, 0.3) is 11.1 Å². The number of carbonyl (C=O) groups is 1. The Labute approximate surface area is 254 Å². The summed E-state index contributed by atoms with van der Waals surface area (Å²) in [5.74, 6) is -1.07.